The number of aryl methyl sites for hydroxylation is 2. The average molecular weight is 420 g/mol. The van der Waals surface area contributed by atoms with Crippen LogP contribution in [-0.4, -0.2) is 35.4 Å². The molecule has 0 aliphatic carbocycles. The van der Waals surface area contributed by atoms with Crippen LogP contribution in [0.1, 0.15) is 29.5 Å². The van der Waals surface area contributed by atoms with Crippen molar-refractivity contribution in [3.8, 4) is 11.3 Å². The second-order valence-electron chi connectivity index (χ2n) is 8.29. The van der Waals surface area contributed by atoms with Gasteiger partial charge in [-0.1, -0.05) is 42.5 Å². The van der Waals surface area contributed by atoms with Crippen LogP contribution in [0.25, 0.3) is 11.3 Å². The topological polar surface area (TPSA) is 45.2 Å². The second-order valence-corrected chi connectivity index (χ2v) is 9.15. The maximum Gasteiger partial charge on any atom is 0.240 e. The highest BCUT2D eigenvalue weighted by molar-refractivity contribution is 7.14. The van der Waals surface area contributed by atoms with E-state index < -0.39 is 0 Å². The second kappa shape index (κ2) is 9.54. The van der Waals surface area contributed by atoms with Gasteiger partial charge in [-0.15, -0.1) is 11.3 Å². The van der Waals surface area contributed by atoms with Gasteiger partial charge in [0.25, 0.3) is 0 Å². The summed E-state index contributed by atoms with van der Waals surface area (Å²) in [6.45, 7) is 6.62. The molecular formula is C25H29N3OS. The molecule has 0 atom stereocenters. The van der Waals surface area contributed by atoms with E-state index in [0.717, 1.165) is 43.6 Å². The Bertz CT molecular complexity index is 991. The summed E-state index contributed by atoms with van der Waals surface area (Å²) in [5, 5.41) is 5.67. The minimum atomic E-state index is 0.0255. The highest BCUT2D eigenvalue weighted by atomic mass is 32.1. The summed E-state index contributed by atoms with van der Waals surface area (Å²) in [7, 11) is 0. The molecule has 1 aromatic heterocycles. The molecule has 1 N–H and O–H groups in total. The number of carbonyl (C=O) groups excluding carboxylic acids is 1. The van der Waals surface area contributed by atoms with Gasteiger partial charge in [-0.25, -0.2) is 4.98 Å². The lowest BCUT2D eigenvalue weighted by atomic mass is 9.90. The molecule has 5 heteroatoms. The molecule has 30 heavy (non-hydrogen) atoms. The number of carbonyl (C=O) groups is 1. The van der Waals surface area contributed by atoms with Gasteiger partial charge in [0.15, 0.2) is 5.13 Å². The van der Waals surface area contributed by atoms with Crippen molar-refractivity contribution in [2.45, 2.75) is 33.1 Å². The summed E-state index contributed by atoms with van der Waals surface area (Å²) in [4.78, 5) is 19.4. The number of aromatic nitrogens is 1. The van der Waals surface area contributed by atoms with E-state index in [9.17, 15) is 4.79 Å². The summed E-state index contributed by atoms with van der Waals surface area (Å²) in [6, 6.07) is 17.1. The van der Waals surface area contributed by atoms with Gasteiger partial charge < -0.3 is 5.32 Å². The van der Waals surface area contributed by atoms with Crippen LogP contribution in [0, 0.1) is 19.8 Å². The zero-order valence-corrected chi connectivity index (χ0v) is 18.5. The molecular weight excluding hydrogens is 390 g/mol. The van der Waals surface area contributed by atoms with Crippen LogP contribution in [0.4, 0.5) is 5.13 Å². The van der Waals surface area contributed by atoms with Crippen molar-refractivity contribution in [3.05, 3.63) is 70.6 Å². The molecule has 1 aliphatic rings. The number of rotatable bonds is 6. The zero-order chi connectivity index (χ0) is 20.9. The van der Waals surface area contributed by atoms with Crippen molar-refractivity contribution in [2.75, 3.05) is 25.0 Å². The molecule has 0 spiro atoms. The number of anilines is 1. The Balaban J connectivity index is 1.25. The third-order valence-electron chi connectivity index (χ3n) is 5.99. The predicted octanol–water partition coefficient (Wildman–Crippen LogP) is 5.32. The van der Waals surface area contributed by atoms with Crippen LogP contribution in [0.2, 0.25) is 0 Å². The van der Waals surface area contributed by atoms with Crippen molar-refractivity contribution in [1.29, 1.82) is 0 Å². The van der Waals surface area contributed by atoms with E-state index in [0.29, 0.717) is 17.6 Å². The molecule has 0 unspecified atom stereocenters. The molecule has 2 heterocycles. The number of hydrogen-bond donors (Lipinski definition) is 1. The first-order chi connectivity index (χ1) is 14.6. The van der Waals surface area contributed by atoms with Gasteiger partial charge >= 0.3 is 0 Å². The molecule has 2 aromatic carbocycles. The van der Waals surface area contributed by atoms with Crippen LogP contribution in [0.5, 0.6) is 0 Å². The lowest BCUT2D eigenvalue weighted by molar-refractivity contribution is -0.117. The van der Waals surface area contributed by atoms with Crippen LogP contribution in [0.15, 0.2) is 53.9 Å². The van der Waals surface area contributed by atoms with Gasteiger partial charge in [-0.2, -0.15) is 0 Å². The fraction of sp³-hybridized carbons (Fsp3) is 0.360. The third-order valence-corrected chi connectivity index (χ3v) is 6.75. The van der Waals surface area contributed by atoms with E-state index in [4.69, 9.17) is 0 Å². The molecule has 4 rings (SSSR count). The fourth-order valence-corrected chi connectivity index (χ4v) is 4.76. The molecule has 0 radical (unpaired) electrons. The Kier molecular flexibility index (Phi) is 6.60. The molecule has 1 amide bonds. The first-order valence-corrected chi connectivity index (χ1v) is 11.5. The normalized spacial score (nSPS) is 15.3. The highest BCUT2D eigenvalue weighted by Crippen LogP contribution is 2.27. The Labute approximate surface area is 183 Å². The number of likely N-dealkylation sites (tertiary alicyclic amines) is 1. The van der Waals surface area contributed by atoms with Crippen molar-refractivity contribution in [3.63, 3.8) is 0 Å². The Hall–Kier alpha value is -2.50. The quantitative estimate of drug-likeness (QED) is 0.588. The van der Waals surface area contributed by atoms with Crippen LogP contribution >= 0.6 is 11.3 Å². The summed E-state index contributed by atoms with van der Waals surface area (Å²) < 4.78 is 0. The Morgan fingerprint density at radius 3 is 2.60 bits per heavy atom. The smallest absolute Gasteiger partial charge is 0.240 e. The van der Waals surface area contributed by atoms with Gasteiger partial charge in [-0.05, 0) is 74.9 Å². The van der Waals surface area contributed by atoms with E-state index in [1.807, 2.05) is 5.38 Å². The highest BCUT2D eigenvalue weighted by Gasteiger charge is 2.21. The zero-order valence-electron chi connectivity index (χ0n) is 17.7. The standard InChI is InChI=1S/C25H29N3OS/c1-18-8-9-22(14-19(18)2)23-17-30-25(26-23)27-24(29)16-28-12-10-21(11-13-28)15-20-6-4-3-5-7-20/h3-9,14,17,21H,10-13,15-16H2,1-2H3,(H,26,27,29). The molecule has 0 bridgehead atoms. The summed E-state index contributed by atoms with van der Waals surface area (Å²) in [6.07, 6.45) is 3.44. The van der Waals surface area contributed by atoms with Gasteiger partial charge in [0.2, 0.25) is 5.91 Å². The minimum Gasteiger partial charge on any atom is -0.301 e. The van der Waals surface area contributed by atoms with Gasteiger partial charge in [-0.3, -0.25) is 9.69 Å². The molecule has 156 valence electrons. The van der Waals surface area contributed by atoms with Gasteiger partial charge in [0, 0.05) is 10.9 Å². The van der Waals surface area contributed by atoms with Crippen LogP contribution in [0.3, 0.4) is 0 Å². The maximum atomic E-state index is 12.5. The number of hydrogen-bond acceptors (Lipinski definition) is 4. The first-order valence-electron chi connectivity index (χ1n) is 10.7. The molecule has 1 aliphatic heterocycles. The lowest BCUT2D eigenvalue weighted by Gasteiger charge is -2.31. The molecule has 3 aromatic rings. The van der Waals surface area contributed by atoms with Crippen molar-refractivity contribution in [2.24, 2.45) is 5.92 Å². The molecule has 4 nitrogen and oxygen atoms in total. The number of nitrogens with zero attached hydrogens (tertiary/aromatic N) is 2. The van der Waals surface area contributed by atoms with E-state index in [-0.39, 0.29) is 5.91 Å². The van der Waals surface area contributed by atoms with E-state index in [2.05, 4.69) is 77.6 Å². The molecule has 0 saturated carbocycles. The lowest BCUT2D eigenvalue weighted by Crippen LogP contribution is -2.39. The van der Waals surface area contributed by atoms with Crippen LogP contribution in [-0.2, 0) is 11.2 Å². The van der Waals surface area contributed by atoms with E-state index in [1.54, 1.807) is 0 Å². The largest absolute Gasteiger partial charge is 0.301 e. The van der Waals surface area contributed by atoms with Gasteiger partial charge in [0.05, 0.1) is 12.2 Å². The van der Waals surface area contributed by atoms with Crippen LogP contribution < -0.4 is 5.32 Å². The first kappa shape index (κ1) is 20.8. The summed E-state index contributed by atoms with van der Waals surface area (Å²) >= 11 is 1.48. The number of amides is 1. The van der Waals surface area contributed by atoms with E-state index >= 15 is 0 Å². The van der Waals surface area contributed by atoms with Crippen molar-refractivity contribution >= 4 is 22.4 Å². The Morgan fingerprint density at radius 2 is 1.87 bits per heavy atom. The monoisotopic (exact) mass is 419 g/mol. The van der Waals surface area contributed by atoms with Gasteiger partial charge in [0.1, 0.15) is 0 Å². The number of piperidine rings is 1. The van der Waals surface area contributed by atoms with Crippen molar-refractivity contribution < 1.29 is 4.79 Å². The average Bonchev–Trinajstić information content (AvgIpc) is 3.20. The summed E-state index contributed by atoms with van der Waals surface area (Å²) in [5.74, 6) is 0.740. The summed E-state index contributed by atoms with van der Waals surface area (Å²) in [5.41, 5.74) is 5.95. The number of nitrogens with one attached hydrogen (secondary N) is 1. The predicted molar refractivity (Wildman–Crippen MR) is 125 cm³/mol. The molecule has 1 saturated heterocycles. The number of thiazole rings is 1. The minimum absolute atomic E-state index is 0.0255. The number of benzene rings is 2. The van der Waals surface area contributed by atoms with Crippen molar-refractivity contribution in [1.82, 2.24) is 9.88 Å². The Morgan fingerprint density at radius 1 is 1.10 bits per heavy atom. The third kappa shape index (κ3) is 5.35. The SMILES string of the molecule is Cc1ccc(-c2csc(NC(=O)CN3CCC(Cc4ccccc4)CC3)n2)cc1C. The van der Waals surface area contributed by atoms with E-state index in [1.165, 1.54) is 28.0 Å². The fourth-order valence-electron chi connectivity index (χ4n) is 4.02. The molecule has 1 fully saturated rings. The maximum absolute atomic E-state index is 12.5.